The predicted molar refractivity (Wildman–Crippen MR) is 68.1 cm³/mol. The quantitative estimate of drug-likeness (QED) is 0.691. The SMILES string of the molecule is O=C(Cl)c1cccc(Br)c1COc1ccn(O)n1. The van der Waals surface area contributed by atoms with E-state index in [-0.39, 0.29) is 12.5 Å². The molecule has 0 saturated heterocycles. The highest BCUT2D eigenvalue weighted by Crippen LogP contribution is 2.23. The summed E-state index contributed by atoms with van der Waals surface area (Å²) in [7, 11) is 0. The van der Waals surface area contributed by atoms with Crippen molar-refractivity contribution < 1.29 is 14.7 Å². The minimum atomic E-state index is -0.553. The lowest BCUT2D eigenvalue weighted by Gasteiger charge is -2.08. The highest BCUT2D eigenvalue weighted by molar-refractivity contribution is 9.10. The van der Waals surface area contributed by atoms with Crippen molar-refractivity contribution in [2.75, 3.05) is 0 Å². The number of carbonyl (C=O) groups excluding carboxylic acids is 1. The van der Waals surface area contributed by atoms with E-state index in [0.29, 0.717) is 16.0 Å². The van der Waals surface area contributed by atoms with Crippen LogP contribution < -0.4 is 4.74 Å². The molecule has 94 valence electrons. The minimum Gasteiger partial charge on any atom is -0.472 e. The van der Waals surface area contributed by atoms with E-state index in [9.17, 15) is 4.79 Å². The van der Waals surface area contributed by atoms with Gasteiger partial charge in [-0.1, -0.05) is 27.1 Å². The summed E-state index contributed by atoms with van der Waals surface area (Å²) >= 11 is 8.82. The van der Waals surface area contributed by atoms with Crippen LogP contribution >= 0.6 is 27.5 Å². The van der Waals surface area contributed by atoms with E-state index >= 15 is 0 Å². The van der Waals surface area contributed by atoms with Crippen LogP contribution in [-0.2, 0) is 6.61 Å². The third-order valence-corrected chi connectivity index (χ3v) is 3.19. The van der Waals surface area contributed by atoms with Gasteiger partial charge in [0.1, 0.15) is 6.61 Å². The van der Waals surface area contributed by atoms with Gasteiger partial charge in [-0.25, -0.2) is 0 Å². The van der Waals surface area contributed by atoms with E-state index in [1.807, 2.05) is 0 Å². The molecular formula is C11H8BrClN2O3. The van der Waals surface area contributed by atoms with Crippen molar-refractivity contribution in [3.63, 3.8) is 0 Å². The Morgan fingerprint density at radius 3 is 2.89 bits per heavy atom. The monoisotopic (exact) mass is 330 g/mol. The van der Waals surface area contributed by atoms with Crippen LogP contribution in [0.2, 0.25) is 0 Å². The maximum absolute atomic E-state index is 11.3. The number of carbonyl (C=O) groups is 1. The van der Waals surface area contributed by atoms with E-state index < -0.39 is 5.24 Å². The molecule has 1 aromatic carbocycles. The Bertz CT molecular complexity index is 585. The Morgan fingerprint density at radius 1 is 1.50 bits per heavy atom. The first kappa shape index (κ1) is 12.9. The number of ether oxygens (including phenoxy) is 1. The maximum Gasteiger partial charge on any atom is 0.252 e. The number of nitrogens with zero attached hydrogens (tertiary/aromatic N) is 2. The first-order valence-electron chi connectivity index (χ1n) is 4.93. The number of benzene rings is 1. The van der Waals surface area contributed by atoms with Gasteiger partial charge in [-0.3, -0.25) is 4.79 Å². The molecule has 0 unspecified atom stereocenters. The van der Waals surface area contributed by atoms with Crippen LogP contribution in [0.3, 0.4) is 0 Å². The van der Waals surface area contributed by atoms with Crippen LogP contribution in [0.1, 0.15) is 15.9 Å². The molecule has 0 bridgehead atoms. The van der Waals surface area contributed by atoms with Crippen molar-refractivity contribution >= 4 is 32.8 Å². The second-order valence-electron chi connectivity index (χ2n) is 3.40. The summed E-state index contributed by atoms with van der Waals surface area (Å²) < 4.78 is 6.07. The fraction of sp³-hybridized carbons (Fsp3) is 0.0909. The van der Waals surface area contributed by atoms with Crippen molar-refractivity contribution in [2.45, 2.75) is 6.61 Å². The molecule has 0 aliphatic rings. The second-order valence-corrected chi connectivity index (χ2v) is 4.60. The molecule has 5 nitrogen and oxygen atoms in total. The first-order chi connectivity index (χ1) is 8.58. The van der Waals surface area contributed by atoms with E-state index in [0.717, 1.165) is 4.47 Å². The Hall–Kier alpha value is -1.53. The van der Waals surface area contributed by atoms with Crippen LogP contribution in [0.5, 0.6) is 5.88 Å². The van der Waals surface area contributed by atoms with Crippen LogP contribution in [0, 0.1) is 0 Å². The fourth-order valence-electron chi connectivity index (χ4n) is 1.41. The summed E-state index contributed by atoms with van der Waals surface area (Å²) in [6.07, 6.45) is 1.34. The number of hydrogen-bond donors (Lipinski definition) is 1. The molecular weight excluding hydrogens is 323 g/mol. The van der Waals surface area contributed by atoms with Gasteiger partial charge >= 0.3 is 0 Å². The number of hydrogen-bond acceptors (Lipinski definition) is 4. The van der Waals surface area contributed by atoms with Crippen molar-refractivity contribution in [2.24, 2.45) is 0 Å². The molecule has 2 aromatic rings. The van der Waals surface area contributed by atoms with Gasteiger partial charge in [-0.05, 0) is 23.7 Å². The Balaban J connectivity index is 2.20. The third kappa shape index (κ3) is 2.83. The lowest BCUT2D eigenvalue weighted by molar-refractivity contribution is 0.107. The molecule has 0 aliphatic heterocycles. The zero-order chi connectivity index (χ0) is 13.1. The smallest absolute Gasteiger partial charge is 0.252 e. The number of aromatic nitrogens is 2. The average Bonchev–Trinajstić information content (AvgIpc) is 2.73. The summed E-state index contributed by atoms with van der Waals surface area (Å²) in [5.74, 6) is 0.251. The highest BCUT2D eigenvalue weighted by Gasteiger charge is 2.13. The van der Waals surface area contributed by atoms with Gasteiger partial charge in [-0.2, -0.15) is 0 Å². The molecule has 2 rings (SSSR count). The summed E-state index contributed by atoms with van der Waals surface area (Å²) in [5, 5.41) is 12.1. The summed E-state index contributed by atoms with van der Waals surface area (Å²) in [5.41, 5.74) is 1.000. The van der Waals surface area contributed by atoms with E-state index in [1.165, 1.54) is 12.3 Å². The first-order valence-corrected chi connectivity index (χ1v) is 6.10. The van der Waals surface area contributed by atoms with Crippen molar-refractivity contribution in [3.05, 3.63) is 46.1 Å². The summed E-state index contributed by atoms with van der Waals surface area (Å²) in [4.78, 5) is 11.9. The molecule has 1 N–H and O–H groups in total. The van der Waals surface area contributed by atoms with E-state index in [2.05, 4.69) is 21.0 Å². The zero-order valence-electron chi connectivity index (χ0n) is 9.01. The number of rotatable bonds is 4. The topological polar surface area (TPSA) is 64.3 Å². The lowest BCUT2D eigenvalue weighted by atomic mass is 10.1. The number of halogens is 2. The van der Waals surface area contributed by atoms with Crippen molar-refractivity contribution in [1.82, 2.24) is 9.94 Å². The molecule has 1 heterocycles. The molecule has 0 atom stereocenters. The molecule has 0 amide bonds. The van der Waals surface area contributed by atoms with Gasteiger partial charge in [0, 0.05) is 21.7 Å². The average molecular weight is 332 g/mol. The molecule has 0 fully saturated rings. The van der Waals surface area contributed by atoms with Crippen LogP contribution in [0.15, 0.2) is 34.9 Å². The lowest BCUT2D eigenvalue weighted by Crippen LogP contribution is -2.04. The van der Waals surface area contributed by atoms with Gasteiger partial charge in [0.15, 0.2) is 0 Å². The van der Waals surface area contributed by atoms with Gasteiger partial charge in [-0.15, -0.1) is 4.85 Å². The standard InChI is InChI=1S/C11H8BrClN2O3/c12-9-3-1-2-7(11(13)16)8(9)6-18-10-4-5-15(17)14-10/h1-5,17H,6H2. The highest BCUT2D eigenvalue weighted by atomic mass is 79.9. The minimum absolute atomic E-state index is 0.117. The van der Waals surface area contributed by atoms with Gasteiger partial charge in [0.2, 0.25) is 5.88 Å². The predicted octanol–water partition coefficient (Wildman–Crippen LogP) is 2.84. The molecule has 1 aromatic heterocycles. The van der Waals surface area contributed by atoms with Gasteiger partial charge in [0.25, 0.3) is 5.24 Å². The van der Waals surface area contributed by atoms with Gasteiger partial charge < -0.3 is 9.94 Å². The van der Waals surface area contributed by atoms with E-state index in [1.54, 1.807) is 18.2 Å². The summed E-state index contributed by atoms with van der Waals surface area (Å²) in [6.45, 7) is 0.117. The van der Waals surface area contributed by atoms with Crippen molar-refractivity contribution in [1.29, 1.82) is 0 Å². The molecule has 0 radical (unpaired) electrons. The maximum atomic E-state index is 11.3. The Morgan fingerprint density at radius 2 is 2.28 bits per heavy atom. The third-order valence-electron chi connectivity index (χ3n) is 2.25. The fourth-order valence-corrected chi connectivity index (χ4v) is 2.07. The zero-order valence-corrected chi connectivity index (χ0v) is 11.3. The molecule has 7 heteroatoms. The largest absolute Gasteiger partial charge is 0.472 e. The second kappa shape index (κ2) is 5.41. The Labute approximate surface area is 116 Å². The van der Waals surface area contributed by atoms with Crippen LogP contribution in [0.4, 0.5) is 0 Å². The summed E-state index contributed by atoms with van der Waals surface area (Å²) in [6, 6.07) is 6.61. The molecule has 0 aliphatic carbocycles. The van der Waals surface area contributed by atoms with E-state index in [4.69, 9.17) is 21.5 Å². The van der Waals surface area contributed by atoms with Crippen LogP contribution in [-0.4, -0.2) is 20.4 Å². The molecule has 0 spiro atoms. The Kier molecular flexibility index (Phi) is 3.88. The van der Waals surface area contributed by atoms with Crippen LogP contribution in [0.25, 0.3) is 0 Å². The normalized spacial score (nSPS) is 10.3. The molecule has 18 heavy (non-hydrogen) atoms. The molecule has 0 saturated carbocycles. The van der Waals surface area contributed by atoms with Crippen molar-refractivity contribution in [3.8, 4) is 5.88 Å². The van der Waals surface area contributed by atoms with Gasteiger partial charge in [0.05, 0.1) is 6.20 Å².